The maximum absolute atomic E-state index is 14.4. The first-order valence-corrected chi connectivity index (χ1v) is 9.32. The third-order valence-electron chi connectivity index (χ3n) is 3.85. The zero-order valence-corrected chi connectivity index (χ0v) is 17.5. The summed E-state index contributed by atoms with van der Waals surface area (Å²) in [6.07, 6.45) is -24.6. The summed E-state index contributed by atoms with van der Waals surface area (Å²) in [4.78, 5) is 0. The van der Waals surface area contributed by atoms with Crippen molar-refractivity contribution in [1.29, 1.82) is 0 Å². The molecule has 37 heavy (non-hydrogen) atoms. The lowest BCUT2D eigenvalue weighted by atomic mass is 9.93. The molecule has 0 aliphatic rings. The second kappa shape index (κ2) is 8.76. The van der Waals surface area contributed by atoms with E-state index >= 15 is 0 Å². The summed E-state index contributed by atoms with van der Waals surface area (Å²) in [5.74, 6) is -45.6. The average Bonchev–Trinajstić information content (AvgIpc) is 2.56. The Kier molecular flexibility index (Phi) is 8.40. The summed E-state index contributed by atoms with van der Waals surface area (Å²) < 4.78 is 285. The fourth-order valence-electron chi connectivity index (χ4n) is 1.80. The molecule has 0 aromatic rings. The molecule has 0 fully saturated rings. The summed E-state index contributed by atoms with van der Waals surface area (Å²) in [5, 5.41) is -7.59. The van der Waals surface area contributed by atoms with Crippen LogP contribution in [0.4, 0.5) is 83.4 Å². The molecule has 1 unspecified atom stereocenters. The zero-order chi connectivity index (χ0) is 30.9. The van der Waals surface area contributed by atoms with E-state index in [-0.39, 0.29) is 0 Å². The van der Waals surface area contributed by atoms with Gasteiger partial charge in [-0.2, -0.15) is 91.8 Å². The van der Waals surface area contributed by atoms with Crippen LogP contribution in [0.15, 0.2) is 0 Å². The number of hydrogen-bond donors (Lipinski definition) is 1. The lowest BCUT2D eigenvalue weighted by Crippen LogP contribution is -2.74. The number of hydrogen-bond acceptors (Lipinski definition) is 4. The third-order valence-corrected chi connectivity index (χ3v) is 4.74. The van der Waals surface area contributed by atoms with E-state index in [4.69, 9.17) is 4.55 Å². The van der Waals surface area contributed by atoms with Crippen molar-refractivity contribution in [1.82, 2.24) is 0 Å². The highest BCUT2D eigenvalue weighted by Crippen LogP contribution is 2.61. The quantitative estimate of drug-likeness (QED) is 0.220. The normalized spacial score (nSPS) is 18.1. The van der Waals surface area contributed by atoms with E-state index in [0.29, 0.717) is 0 Å². The molecule has 25 heteroatoms. The first kappa shape index (κ1) is 35.5. The Hall–Kier alpha value is -1.50. The van der Waals surface area contributed by atoms with Crippen molar-refractivity contribution in [3.05, 3.63) is 0 Å². The average molecular weight is 624 g/mol. The standard InChI is InChI=1S/C12H7F19O5S/c1-3(13,14)5(17,18)7(21,6(19,20)4(2,15)16)35-10(26,27)8(22,9(23,24)25)36-11(28,29)12(30,31)37(32,33)34/h1-2H3,(H,32,33,34). The minimum atomic E-state index is -8.48. The van der Waals surface area contributed by atoms with Crippen molar-refractivity contribution in [3.63, 3.8) is 0 Å². The summed E-state index contributed by atoms with van der Waals surface area (Å²) in [6.45, 7) is -2.84. The van der Waals surface area contributed by atoms with E-state index in [1.54, 1.807) is 0 Å². The number of ether oxygens (including phenoxy) is 2. The van der Waals surface area contributed by atoms with Gasteiger partial charge in [-0.1, -0.05) is 0 Å². The van der Waals surface area contributed by atoms with Gasteiger partial charge in [0.25, 0.3) is 0 Å². The van der Waals surface area contributed by atoms with Gasteiger partial charge in [0.05, 0.1) is 0 Å². The van der Waals surface area contributed by atoms with Crippen molar-refractivity contribution in [2.24, 2.45) is 0 Å². The van der Waals surface area contributed by atoms with Crippen molar-refractivity contribution < 1.29 is 106 Å². The Labute approximate surface area is 190 Å². The van der Waals surface area contributed by atoms with Gasteiger partial charge in [-0.15, -0.1) is 0 Å². The van der Waals surface area contributed by atoms with Gasteiger partial charge < -0.3 is 0 Å². The monoisotopic (exact) mass is 624 g/mol. The van der Waals surface area contributed by atoms with Crippen molar-refractivity contribution in [2.75, 3.05) is 0 Å². The molecule has 0 aliphatic heterocycles. The Morgan fingerprint density at radius 2 is 0.784 bits per heavy atom. The molecule has 0 aromatic heterocycles. The predicted octanol–water partition coefficient (Wildman–Crippen LogP) is 6.16. The maximum Gasteiger partial charge on any atom is 0.460 e. The van der Waals surface area contributed by atoms with Crippen LogP contribution >= 0.6 is 0 Å². The van der Waals surface area contributed by atoms with Gasteiger partial charge >= 0.3 is 69.2 Å². The van der Waals surface area contributed by atoms with E-state index in [9.17, 15) is 91.8 Å². The summed E-state index contributed by atoms with van der Waals surface area (Å²) in [7, 11) is -7.78. The molecule has 0 amide bonds. The Morgan fingerprint density at radius 1 is 0.514 bits per heavy atom. The van der Waals surface area contributed by atoms with E-state index < -0.39 is 83.0 Å². The van der Waals surface area contributed by atoms with Gasteiger partial charge in [-0.3, -0.25) is 14.0 Å². The molecule has 0 saturated heterocycles. The van der Waals surface area contributed by atoms with Crippen LogP contribution in [0.25, 0.3) is 0 Å². The van der Waals surface area contributed by atoms with Crippen LogP contribution in [-0.2, 0) is 19.6 Å². The molecule has 0 aromatic carbocycles. The minimum Gasteiger partial charge on any atom is -0.281 e. The van der Waals surface area contributed by atoms with Crippen LogP contribution in [-0.4, -0.2) is 72.0 Å². The molecule has 5 nitrogen and oxygen atoms in total. The van der Waals surface area contributed by atoms with Gasteiger partial charge in [-0.05, 0) is 0 Å². The third kappa shape index (κ3) is 5.35. The maximum atomic E-state index is 14.4. The second-order valence-electron chi connectivity index (χ2n) is 6.84. The molecule has 0 saturated carbocycles. The van der Waals surface area contributed by atoms with Crippen LogP contribution in [0, 0.1) is 0 Å². The molecular weight excluding hydrogens is 617 g/mol. The van der Waals surface area contributed by atoms with E-state index in [2.05, 4.69) is 0 Å². The molecule has 0 heterocycles. The summed E-state index contributed by atoms with van der Waals surface area (Å²) >= 11 is 0. The van der Waals surface area contributed by atoms with Crippen molar-refractivity contribution >= 4 is 10.1 Å². The van der Waals surface area contributed by atoms with Gasteiger partial charge in [-0.25, -0.2) is 0 Å². The van der Waals surface area contributed by atoms with Gasteiger partial charge in [0, 0.05) is 13.8 Å². The van der Waals surface area contributed by atoms with Crippen LogP contribution < -0.4 is 0 Å². The summed E-state index contributed by atoms with van der Waals surface area (Å²) in [6, 6.07) is 0. The molecule has 0 radical (unpaired) electrons. The molecule has 0 rings (SSSR count). The fourth-order valence-corrected chi connectivity index (χ4v) is 2.14. The van der Waals surface area contributed by atoms with Crippen LogP contribution in [0.5, 0.6) is 0 Å². The number of halogens is 19. The van der Waals surface area contributed by atoms with Crippen molar-refractivity contribution in [2.45, 2.75) is 72.9 Å². The highest BCUT2D eigenvalue weighted by Gasteiger charge is 2.90. The van der Waals surface area contributed by atoms with Crippen LogP contribution in [0.1, 0.15) is 13.8 Å². The highest BCUT2D eigenvalue weighted by molar-refractivity contribution is 7.86. The van der Waals surface area contributed by atoms with Crippen molar-refractivity contribution in [3.8, 4) is 0 Å². The predicted molar refractivity (Wildman–Crippen MR) is 73.4 cm³/mol. The second-order valence-corrected chi connectivity index (χ2v) is 8.31. The fraction of sp³-hybridized carbons (Fsp3) is 1.00. The van der Waals surface area contributed by atoms with Gasteiger partial charge in [0.1, 0.15) is 0 Å². The largest absolute Gasteiger partial charge is 0.460 e. The lowest BCUT2D eigenvalue weighted by Gasteiger charge is -2.45. The number of rotatable bonds is 11. The Balaban J connectivity index is 7.43. The molecule has 0 aliphatic carbocycles. The molecule has 0 bridgehead atoms. The smallest absolute Gasteiger partial charge is 0.281 e. The molecular formula is C12H7F19O5S. The molecule has 0 spiro atoms. The van der Waals surface area contributed by atoms with E-state index in [1.165, 1.54) is 9.47 Å². The minimum absolute atomic E-state index is 1.27. The molecule has 1 atom stereocenters. The van der Waals surface area contributed by atoms with Gasteiger partial charge in [0.2, 0.25) is 0 Å². The first-order chi connectivity index (χ1) is 15.4. The Morgan fingerprint density at radius 3 is 1.00 bits per heavy atom. The topological polar surface area (TPSA) is 72.8 Å². The van der Waals surface area contributed by atoms with Crippen LogP contribution in [0.3, 0.4) is 0 Å². The van der Waals surface area contributed by atoms with E-state index in [0.717, 1.165) is 0 Å². The SMILES string of the molecule is CC(F)(F)C(F)(F)C(F)(OC(F)(F)C(F)(OC(F)(F)C(F)(F)S(=O)(=O)O)C(F)(F)F)C(F)(F)C(C)(F)F. The van der Waals surface area contributed by atoms with Crippen LogP contribution in [0.2, 0.25) is 0 Å². The molecule has 1 N–H and O–H groups in total. The molecule has 224 valence electrons. The first-order valence-electron chi connectivity index (χ1n) is 7.88. The highest BCUT2D eigenvalue weighted by atomic mass is 32.2. The summed E-state index contributed by atoms with van der Waals surface area (Å²) in [5.41, 5.74) is 0. The van der Waals surface area contributed by atoms with Gasteiger partial charge in [0.15, 0.2) is 0 Å². The Bertz CT molecular complexity index is 920. The lowest BCUT2D eigenvalue weighted by molar-refractivity contribution is -0.554. The van der Waals surface area contributed by atoms with E-state index in [1.807, 2.05) is 0 Å². The number of alkyl halides is 19. The zero-order valence-electron chi connectivity index (χ0n) is 16.7.